The number of nitrogens with two attached hydrogens (primary N) is 1. The van der Waals surface area contributed by atoms with Crippen LogP contribution in [-0.2, 0) is 10.3 Å². The van der Waals surface area contributed by atoms with Crippen molar-refractivity contribution in [2.75, 3.05) is 0 Å². The van der Waals surface area contributed by atoms with E-state index in [0.29, 0.717) is 10.0 Å². The Kier molecular flexibility index (Phi) is 3.54. The molecule has 0 bridgehead atoms. The molecule has 0 fully saturated rings. The summed E-state index contributed by atoms with van der Waals surface area (Å²) in [5.41, 5.74) is 4.94. The number of carbonyl (C=O) groups is 1. The van der Waals surface area contributed by atoms with Gasteiger partial charge in [0.1, 0.15) is 5.54 Å². The summed E-state index contributed by atoms with van der Waals surface area (Å²) in [7, 11) is 0. The highest BCUT2D eigenvalue weighted by atomic mass is 127. The van der Waals surface area contributed by atoms with Gasteiger partial charge in [0, 0.05) is 8.04 Å². The number of carboxylic acids is 1. The van der Waals surface area contributed by atoms with Crippen LogP contribution in [0.15, 0.2) is 22.7 Å². The third-order valence-corrected chi connectivity index (χ3v) is 3.29. The van der Waals surface area contributed by atoms with E-state index >= 15 is 0 Å². The molecule has 5 heteroatoms. The van der Waals surface area contributed by atoms with Crippen LogP contribution in [0, 0.1) is 3.57 Å². The molecule has 0 amide bonds. The summed E-state index contributed by atoms with van der Waals surface area (Å²) in [4.78, 5) is 10.9. The monoisotopic (exact) mass is 369 g/mol. The van der Waals surface area contributed by atoms with E-state index in [4.69, 9.17) is 10.8 Å². The highest BCUT2D eigenvalue weighted by Gasteiger charge is 2.32. The van der Waals surface area contributed by atoms with Gasteiger partial charge in [0.05, 0.1) is 0 Å². The van der Waals surface area contributed by atoms with Gasteiger partial charge in [-0.3, -0.25) is 0 Å². The van der Waals surface area contributed by atoms with Crippen molar-refractivity contribution in [3.05, 3.63) is 31.8 Å². The van der Waals surface area contributed by atoms with Crippen LogP contribution in [0.25, 0.3) is 0 Å². The third kappa shape index (κ3) is 2.26. The second kappa shape index (κ2) is 4.16. The number of halogens is 2. The molecule has 1 aromatic rings. The van der Waals surface area contributed by atoms with E-state index in [1.807, 2.05) is 6.07 Å². The first-order valence-corrected chi connectivity index (χ1v) is 5.70. The molecule has 0 aliphatic rings. The number of carboxylic acid groups (broad SMARTS) is 1. The predicted molar refractivity (Wildman–Crippen MR) is 66.0 cm³/mol. The minimum absolute atomic E-state index is 0.580. The summed E-state index contributed by atoms with van der Waals surface area (Å²) in [6.07, 6.45) is 0. The second-order valence-electron chi connectivity index (χ2n) is 3.13. The van der Waals surface area contributed by atoms with Crippen molar-refractivity contribution in [3.63, 3.8) is 0 Å². The maximum atomic E-state index is 10.9. The fraction of sp³-hybridized carbons (Fsp3) is 0.222. The molecule has 0 saturated heterocycles. The van der Waals surface area contributed by atoms with Crippen LogP contribution in [0.5, 0.6) is 0 Å². The normalized spacial score (nSPS) is 14.9. The Morgan fingerprint density at radius 3 is 2.71 bits per heavy atom. The van der Waals surface area contributed by atoms with Gasteiger partial charge < -0.3 is 10.8 Å². The van der Waals surface area contributed by atoms with E-state index in [2.05, 4.69) is 38.5 Å². The lowest BCUT2D eigenvalue weighted by Crippen LogP contribution is -2.42. The van der Waals surface area contributed by atoms with Gasteiger partial charge in [-0.15, -0.1) is 0 Å². The second-order valence-corrected chi connectivity index (χ2v) is 5.23. The lowest BCUT2D eigenvalue weighted by Gasteiger charge is -2.21. The SMILES string of the molecule is CC(N)(C(=O)O)c1cc(I)ccc1Br. The van der Waals surface area contributed by atoms with Crippen LogP contribution >= 0.6 is 38.5 Å². The Morgan fingerprint density at radius 2 is 2.21 bits per heavy atom. The zero-order chi connectivity index (χ0) is 10.9. The molecule has 0 radical (unpaired) electrons. The van der Waals surface area contributed by atoms with E-state index in [9.17, 15) is 4.79 Å². The van der Waals surface area contributed by atoms with Crippen LogP contribution in [0.2, 0.25) is 0 Å². The Labute approximate surface area is 104 Å². The van der Waals surface area contributed by atoms with Gasteiger partial charge in [0.25, 0.3) is 0 Å². The number of hydrogen-bond donors (Lipinski definition) is 2. The molecule has 76 valence electrons. The van der Waals surface area contributed by atoms with Crippen LogP contribution in [-0.4, -0.2) is 11.1 Å². The van der Waals surface area contributed by atoms with Crippen molar-refractivity contribution in [2.45, 2.75) is 12.5 Å². The molecular weight excluding hydrogens is 361 g/mol. The quantitative estimate of drug-likeness (QED) is 0.786. The summed E-state index contributed by atoms with van der Waals surface area (Å²) in [6, 6.07) is 5.44. The van der Waals surface area contributed by atoms with Crippen molar-refractivity contribution >= 4 is 44.5 Å². The largest absolute Gasteiger partial charge is 0.480 e. The number of aliphatic carboxylic acids is 1. The molecular formula is C9H9BrINO2. The van der Waals surface area contributed by atoms with E-state index in [1.165, 1.54) is 6.92 Å². The Balaban J connectivity index is 3.31. The summed E-state index contributed by atoms with van der Waals surface area (Å²) < 4.78 is 1.67. The number of rotatable bonds is 2. The molecule has 3 N–H and O–H groups in total. The first-order valence-electron chi connectivity index (χ1n) is 3.83. The summed E-state index contributed by atoms with van der Waals surface area (Å²) >= 11 is 5.40. The highest BCUT2D eigenvalue weighted by Crippen LogP contribution is 2.28. The number of benzene rings is 1. The smallest absolute Gasteiger partial charge is 0.328 e. The molecule has 3 nitrogen and oxygen atoms in total. The molecule has 0 aliphatic carbocycles. The minimum atomic E-state index is -1.36. The van der Waals surface area contributed by atoms with Crippen molar-refractivity contribution in [3.8, 4) is 0 Å². The average Bonchev–Trinajstić information content (AvgIpc) is 2.08. The van der Waals surface area contributed by atoms with Gasteiger partial charge in [0.2, 0.25) is 0 Å². The molecule has 1 rings (SSSR count). The first-order chi connectivity index (χ1) is 6.35. The van der Waals surface area contributed by atoms with Gasteiger partial charge in [-0.2, -0.15) is 0 Å². The first kappa shape index (κ1) is 11.9. The molecule has 0 spiro atoms. The highest BCUT2D eigenvalue weighted by molar-refractivity contribution is 14.1. The summed E-state index contributed by atoms with van der Waals surface area (Å²) in [5, 5.41) is 8.96. The van der Waals surface area contributed by atoms with Gasteiger partial charge in [0.15, 0.2) is 0 Å². The Bertz CT molecular complexity index is 379. The molecule has 1 aromatic carbocycles. The lowest BCUT2D eigenvalue weighted by atomic mass is 9.94. The van der Waals surface area contributed by atoms with E-state index in [1.54, 1.807) is 12.1 Å². The number of hydrogen-bond acceptors (Lipinski definition) is 2. The van der Waals surface area contributed by atoms with E-state index in [0.717, 1.165) is 3.57 Å². The molecule has 0 heterocycles. The van der Waals surface area contributed by atoms with Crippen molar-refractivity contribution in [1.29, 1.82) is 0 Å². The van der Waals surface area contributed by atoms with Gasteiger partial charge in [-0.05, 0) is 53.3 Å². The van der Waals surface area contributed by atoms with Crippen LogP contribution in [0.4, 0.5) is 0 Å². The van der Waals surface area contributed by atoms with Crippen molar-refractivity contribution < 1.29 is 9.90 Å². The zero-order valence-electron chi connectivity index (χ0n) is 7.42. The average molecular weight is 370 g/mol. The predicted octanol–water partition coefficient (Wildman–Crippen LogP) is 2.31. The zero-order valence-corrected chi connectivity index (χ0v) is 11.2. The fourth-order valence-corrected chi connectivity index (χ4v) is 2.16. The van der Waals surface area contributed by atoms with Crippen LogP contribution in [0.3, 0.4) is 0 Å². The molecule has 0 saturated carbocycles. The maximum absolute atomic E-state index is 10.9. The maximum Gasteiger partial charge on any atom is 0.328 e. The molecule has 1 atom stereocenters. The van der Waals surface area contributed by atoms with Crippen LogP contribution < -0.4 is 5.73 Å². The summed E-state index contributed by atoms with van der Waals surface area (Å²) in [5.74, 6) is -1.04. The van der Waals surface area contributed by atoms with E-state index < -0.39 is 11.5 Å². The standard InChI is InChI=1S/C9H9BrINO2/c1-9(12,8(13)14)6-4-5(11)2-3-7(6)10/h2-4H,12H2,1H3,(H,13,14). The molecule has 1 unspecified atom stereocenters. The van der Waals surface area contributed by atoms with Gasteiger partial charge in [-0.1, -0.05) is 15.9 Å². The van der Waals surface area contributed by atoms with Crippen LogP contribution in [0.1, 0.15) is 12.5 Å². The van der Waals surface area contributed by atoms with E-state index in [-0.39, 0.29) is 0 Å². The molecule has 0 aliphatic heterocycles. The molecule has 0 aromatic heterocycles. The minimum Gasteiger partial charge on any atom is -0.480 e. The topological polar surface area (TPSA) is 63.3 Å². The summed E-state index contributed by atoms with van der Waals surface area (Å²) in [6.45, 7) is 1.48. The third-order valence-electron chi connectivity index (χ3n) is 1.93. The van der Waals surface area contributed by atoms with Crippen molar-refractivity contribution in [2.24, 2.45) is 5.73 Å². The van der Waals surface area contributed by atoms with Crippen molar-refractivity contribution in [1.82, 2.24) is 0 Å². The Hall–Kier alpha value is -0.140. The molecule has 14 heavy (non-hydrogen) atoms. The lowest BCUT2D eigenvalue weighted by molar-refractivity contribution is -0.143. The fourth-order valence-electron chi connectivity index (χ4n) is 1.01. The Morgan fingerprint density at radius 1 is 1.64 bits per heavy atom. The van der Waals surface area contributed by atoms with Gasteiger partial charge >= 0.3 is 5.97 Å². The van der Waals surface area contributed by atoms with Gasteiger partial charge in [-0.25, -0.2) is 4.79 Å².